The topological polar surface area (TPSA) is 83.2 Å². The fraction of sp³-hybridized carbons (Fsp3) is 0.370. The van der Waals surface area contributed by atoms with E-state index in [0.717, 1.165) is 51.0 Å². The van der Waals surface area contributed by atoms with Gasteiger partial charge in [0, 0.05) is 18.3 Å². The lowest BCUT2D eigenvalue weighted by molar-refractivity contribution is 0.101. The highest BCUT2D eigenvalue weighted by atomic mass is 19.1. The number of piperidine rings is 1. The van der Waals surface area contributed by atoms with Gasteiger partial charge in [0.1, 0.15) is 23.5 Å². The molecule has 7 heteroatoms. The summed E-state index contributed by atoms with van der Waals surface area (Å²) in [4.78, 5) is 14.1. The van der Waals surface area contributed by atoms with Crippen LogP contribution in [0.25, 0.3) is 0 Å². The fourth-order valence-corrected chi connectivity index (χ4v) is 4.20. The molecule has 1 aliphatic heterocycles. The van der Waals surface area contributed by atoms with Gasteiger partial charge < -0.3 is 4.90 Å². The number of nitriles is 2. The summed E-state index contributed by atoms with van der Waals surface area (Å²) < 4.78 is 13.1. The summed E-state index contributed by atoms with van der Waals surface area (Å²) in [6.07, 6.45) is 5.58. The second-order valence-corrected chi connectivity index (χ2v) is 8.68. The second kappa shape index (κ2) is 12.5. The number of rotatable bonds is 10. The van der Waals surface area contributed by atoms with Gasteiger partial charge in [-0.3, -0.25) is 15.2 Å². The summed E-state index contributed by atoms with van der Waals surface area (Å²) in [6, 6.07) is 17.8. The highest BCUT2D eigenvalue weighted by Crippen LogP contribution is 2.22. The monoisotopic (exact) mass is 459 g/mol. The van der Waals surface area contributed by atoms with Crippen molar-refractivity contribution in [1.29, 1.82) is 10.5 Å². The Bertz CT molecular complexity index is 1060. The van der Waals surface area contributed by atoms with Gasteiger partial charge in [-0.1, -0.05) is 24.3 Å². The molecule has 34 heavy (non-hydrogen) atoms. The summed E-state index contributed by atoms with van der Waals surface area (Å²) in [5.41, 5.74) is 5.72. The van der Waals surface area contributed by atoms with Gasteiger partial charge in [0.2, 0.25) is 0 Å². The molecule has 0 spiro atoms. The number of likely N-dealkylation sites (tertiary alicyclic amines) is 1. The molecule has 0 amide bonds. The Kier molecular flexibility index (Phi) is 9.20. The van der Waals surface area contributed by atoms with Crippen LogP contribution in [0.1, 0.15) is 42.1 Å². The van der Waals surface area contributed by atoms with Crippen molar-refractivity contribution in [2.45, 2.75) is 32.6 Å². The first kappa shape index (κ1) is 25.0. The van der Waals surface area contributed by atoms with E-state index in [2.05, 4.69) is 10.3 Å². The molecular weight excluding hydrogens is 429 g/mol. The lowest BCUT2D eigenvalue weighted by Crippen LogP contribution is -2.36. The molecule has 2 aromatic carbocycles. The molecule has 0 aliphatic carbocycles. The normalized spacial score (nSPS) is 14.0. The smallest absolute Gasteiger partial charge is 0.159 e. The largest absolute Gasteiger partial charge is 0.303 e. The van der Waals surface area contributed by atoms with E-state index in [1.165, 1.54) is 30.8 Å². The number of carbonyl (C=O) groups is 1. The number of carbonyl (C=O) groups excluding carboxylic acids is 1. The molecule has 1 fully saturated rings. The Labute approximate surface area is 200 Å². The van der Waals surface area contributed by atoms with E-state index in [4.69, 9.17) is 10.5 Å². The predicted octanol–water partition coefficient (Wildman–Crippen LogP) is 4.93. The third-order valence-corrected chi connectivity index (χ3v) is 6.09. The minimum atomic E-state index is -0.194. The zero-order valence-electron chi connectivity index (χ0n) is 19.5. The molecule has 1 aliphatic rings. The van der Waals surface area contributed by atoms with Crippen LogP contribution in [0.5, 0.6) is 0 Å². The van der Waals surface area contributed by atoms with Crippen molar-refractivity contribution < 1.29 is 9.18 Å². The highest BCUT2D eigenvalue weighted by molar-refractivity contribution is 5.94. The number of hydrogen-bond donors (Lipinski definition) is 1. The fourth-order valence-electron chi connectivity index (χ4n) is 4.20. The Morgan fingerprint density at radius 3 is 2.53 bits per heavy atom. The third kappa shape index (κ3) is 7.72. The van der Waals surface area contributed by atoms with Gasteiger partial charge in [0.15, 0.2) is 5.78 Å². The van der Waals surface area contributed by atoms with E-state index in [9.17, 15) is 9.18 Å². The summed E-state index contributed by atoms with van der Waals surface area (Å²) in [7, 11) is 0. The van der Waals surface area contributed by atoms with Crippen LogP contribution in [0.3, 0.4) is 0 Å². The number of halogens is 1. The minimum absolute atomic E-state index is 0.0110. The zero-order valence-corrected chi connectivity index (χ0v) is 19.5. The van der Waals surface area contributed by atoms with Crippen LogP contribution in [0, 0.1) is 34.4 Å². The van der Waals surface area contributed by atoms with Crippen molar-refractivity contribution in [1.82, 2.24) is 9.91 Å². The zero-order chi connectivity index (χ0) is 24.3. The quantitative estimate of drug-likeness (QED) is 0.308. The van der Waals surface area contributed by atoms with E-state index in [-0.39, 0.29) is 17.2 Å². The Morgan fingerprint density at radius 1 is 1.18 bits per heavy atom. The average molecular weight is 460 g/mol. The second-order valence-electron chi connectivity index (χ2n) is 8.68. The van der Waals surface area contributed by atoms with Gasteiger partial charge in [-0.2, -0.15) is 10.5 Å². The number of benzene rings is 2. The van der Waals surface area contributed by atoms with Crippen LogP contribution in [0.4, 0.5) is 10.1 Å². The number of ketones is 1. The molecular formula is C27H30FN5O. The molecule has 0 bridgehead atoms. The van der Waals surface area contributed by atoms with Crippen molar-refractivity contribution in [2.24, 2.45) is 5.92 Å². The Hall–Kier alpha value is -3.68. The molecule has 1 N–H and O–H groups in total. The molecule has 3 rings (SSSR count). The summed E-state index contributed by atoms with van der Waals surface area (Å²) in [5, 5.41) is 20.1. The van der Waals surface area contributed by atoms with Crippen molar-refractivity contribution in [3.8, 4) is 12.1 Å². The molecule has 1 saturated heterocycles. The SMILES string of the molecule is CC(=O)c1cccc(NN(C=C(C#N)C#N)CCCN2CCC(Cc3ccc(F)cc3)CC2)c1. The maximum Gasteiger partial charge on any atom is 0.159 e. The summed E-state index contributed by atoms with van der Waals surface area (Å²) >= 11 is 0. The Morgan fingerprint density at radius 2 is 1.88 bits per heavy atom. The molecule has 0 atom stereocenters. The number of nitrogens with one attached hydrogen (secondary N) is 1. The van der Waals surface area contributed by atoms with E-state index >= 15 is 0 Å². The first-order valence-corrected chi connectivity index (χ1v) is 11.6. The molecule has 0 unspecified atom stereocenters. The van der Waals surface area contributed by atoms with Gasteiger partial charge in [0.05, 0.1) is 5.69 Å². The van der Waals surface area contributed by atoms with Crippen molar-refractivity contribution in [3.63, 3.8) is 0 Å². The first-order chi connectivity index (χ1) is 16.5. The molecule has 176 valence electrons. The number of allylic oxidation sites excluding steroid dienone is 1. The number of anilines is 1. The van der Waals surface area contributed by atoms with E-state index in [1.54, 1.807) is 23.2 Å². The molecule has 2 aromatic rings. The molecule has 0 radical (unpaired) electrons. The van der Waals surface area contributed by atoms with Gasteiger partial charge >= 0.3 is 0 Å². The lowest BCUT2D eigenvalue weighted by Gasteiger charge is -2.32. The highest BCUT2D eigenvalue weighted by Gasteiger charge is 2.19. The number of hydrogen-bond acceptors (Lipinski definition) is 6. The predicted molar refractivity (Wildman–Crippen MR) is 130 cm³/mol. The van der Waals surface area contributed by atoms with E-state index in [1.807, 2.05) is 30.3 Å². The van der Waals surface area contributed by atoms with Crippen molar-refractivity contribution >= 4 is 11.5 Å². The molecule has 0 aromatic heterocycles. The standard InChI is InChI=1S/C27H30FN5O/c1-21(34)25-4-2-5-27(17-25)31-33(20-24(18-29)19-30)13-3-12-32-14-10-23(11-15-32)16-22-6-8-26(28)9-7-22/h2,4-9,17,20,23,31H,3,10-16H2,1H3. The third-order valence-electron chi connectivity index (χ3n) is 6.09. The van der Waals surface area contributed by atoms with Gasteiger partial charge in [0.25, 0.3) is 0 Å². The number of hydrazine groups is 1. The van der Waals surface area contributed by atoms with Crippen LogP contribution >= 0.6 is 0 Å². The van der Waals surface area contributed by atoms with Crippen LogP contribution in [0.2, 0.25) is 0 Å². The minimum Gasteiger partial charge on any atom is -0.303 e. The molecule has 1 heterocycles. The van der Waals surface area contributed by atoms with Gasteiger partial charge in [-0.15, -0.1) is 0 Å². The molecule has 6 nitrogen and oxygen atoms in total. The summed E-state index contributed by atoms with van der Waals surface area (Å²) in [5.74, 6) is 0.397. The maximum atomic E-state index is 13.1. The Balaban J connectivity index is 1.50. The lowest BCUT2D eigenvalue weighted by atomic mass is 9.90. The number of nitrogens with zero attached hydrogens (tertiary/aromatic N) is 4. The van der Waals surface area contributed by atoms with Gasteiger partial charge in [-0.25, -0.2) is 4.39 Å². The maximum absolute atomic E-state index is 13.1. The van der Waals surface area contributed by atoms with Crippen LogP contribution in [-0.2, 0) is 6.42 Å². The van der Waals surface area contributed by atoms with Crippen molar-refractivity contribution in [2.75, 3.05) is 31.6 Å². The van der Waals surface area contributed by atoms with Gasteiger partial charge in [-0.05, 0) is 88.0 Å². The molecule has 0 saturated carbocycles. The van der Waals surface area contributed by atoms with E-state index in [0.29, 0.717) is 18.0 Å². The summed E-state index contributed by atoms with van der Waals surface area (Å²) in [6.45, 7) is 5.09. The number of Topliss-reactive ketones (excluding diaryl/α,β-unsaturated/α-hetero) is 1. The average Bonchev–Trinajstić information content (AvgIpc) is 2.85. The first-order valence-electron chi connectivity index (χ1n) is 11.6. The van der Waals surface area contributed by atoms with Crippen LogP contribution in [-0.4, -0.2) is 41.9 Å². The van der Waals surface area contributed by atoms with Crippen LogP contribution < -0.4 is 5.43 Å². The van der Waals surface area contributed by atoms with Crippen molar-refractivity contribution in [3.05, 3.63) is 77.2 Å². The van der Waals surface area contributed by atoms with E-state index < -0.39 is 0 Å². The van der Waals surface area contributed by atoms with Crippen LogP contribution in [0.15, 0.2) is 60.3 Å².